The third kappa shape index (κ3) is 4.86. The van der Waals surface area contributed by atoms with Crippen molar-refractivity contribution in [3.63, 3.8) is 0 Å². The summed E-state index contributed by atoms with van der Waals surface area (Å²) in [5, 5.41) is 0. The second kappa shape index (κ2) is 5.19. The van der Waals surface area contributed by atoms with Gasteiger partial charge < -0.3 is 4.90 Å². The molecular weight excluding hydrogens is 218 g/mol. The van der Waals surface area contributed by atoms with Crippen LogP contribution >= 0.6 is 11.2 Å². The van der Waals surface area contributed by atoms with E-state index in [9.17, 15) is 0 Å². The standard InChI is InChI=1S/C12H21NSSi/c1-13(2)10-11-8-6-7-9-12(11)14-15(3,4)5/h6-9H,10H2,1-5H3. The molecule has 0 unspecified atom stereocenters. The minimum Gasteiger partial charge on any atom is -0.305 e. The summed E-state index contributed by atoms with van der Waals surface area (Å²) in [6.45, 7) is 8.21. The fourth-order valence-electron chi connectivity index (χ4n) is 1.40. The van der Waals surface area contributed by atoms with Crippen molar-refractivity contribution in [3.8, 4) is 0 Å². The molecule has 0 aliphatic rings. The van der Waals surface area contributed by atoms with E-state index in [1.165, 1.54) is 10.5 Å². The van der Waals surface area contributed by atoms with Crippen LogP contribution in [0.3, 0.4) is 0 Å². The number of rotatable bonds is 4. The summed E-state index contributed by atoms with van der Waals surface area (Å²) in [5.41, 5.74) is 1.45. The van der Waals surface area contributed by atoms with Crippen LogP contribution in [-0.4, -0.2) is 26.2 Å². The molecular formula is C12H21NSSi. The highest BCUT2D eigenvalue weighted by molar-refractivity contribution is 8.28. The lowest BCUT2D eigenvalue weighted by Crippen LogP contribution is -2.16. The van der Waals surface area contributed by atoms with Gasteiger partial charge in [-0.15, -0.1) is 0 Å². The monoisotopic (exact) mass is 239 g/mol. The fraction of sp³-hybridized carbons (Fsp3) is 0.500. The predicted molar refractivity (Wildman–Crippen MR) is 73.0 cm³/mol. The van der Waals surface area contributed by atoms with Crippen LogP contribution in [-0.2, 0) is 6.54 Å². The molecule has 1 rings (SSSR count). The largest absolute Gasteiger partial charge is 0.305 e. The van der Waals surface area contributed by atoms with Gasteiger partial charge in [0.1, 0.15) is 7.22 Å². The maximum atomic E-state index is 2.39. The van der Waals surface area contributed by atoms with Crippen molar-refractivity contribution >= 4 is 18.4 Å². The van der Waals surface area contributed by atoms with Gasteiger partial charge in [0.25, 0.3) is 0 Å². The van der Waals surface area contributed by atoms with Gasteiger partial charge in [0.05, 0.1) is 0 Å². The van der Waals surface area contributed by atoms with Gasteiger partial charge >= 0.3 is 0 Å². The van der Waals surface area contributed by atoms with Gasteiger partial charge in [-0.3, -0.25) is 0 Å². The lowest BCUT2D eigenvalue weighted by Gasteiger charge is -2.19. The van der Waals surface area contributed by atoms with E-state index in [0.717, 1.165) is 6.54 Å². The molecule has 1 aromatic rings. The van der Waals surface area contributed by atoms with Crippen molar-refractivity contribution in [2.24, 2.45) is 0 Å². The SMILES string of the molecule is CN(C)Cc1ccccc1S[Si](C)(C)C. The highest BCUT2D eigenvalue weighted by Crippen LogP contribution is 2.31. The predicted octanol–water partition coefficient (Wildman–Crippen LogP) is 3.68. The van der Waals surface area contributed by atoms with Crippen molar-refractivity contribution in [2.75, 3.05) is 14.1 Å². The van der Waals surface area contributed by atoms with E-state index in [1.54, 1.807) is 0 Å². The van der Waals surface area contributed by atoms with Gasteiger partial charge in [-0.2, -0.15) is 11.2 Å². The number of hydrogen-bond acceptors (Lipinski definition) is 2. The summed E-state index contributed by atoms with van der Waals surface area (Å²) < 4.78 is 0. The molecule has 0 saturated heterocycles. The Kier molecular flexibility index (Phi) is 4.43. The fourth-order valence-corrected chi connectivity index (χ4v) is 5.05. The molecule has 0 atom stereocenters. The Hall–Kier alpha value is -0.253. The summed E-state index contributed by atoms with van der Waals surface area (Å²) in [6, 6.07) is 8.76. The van der Waals surface area contributed by atoms with Crippen molar-refractivity contribution in [1.82, 2.24) is 4.90 Å². The van der Waals surface area contributed by atoms with Crippen molar-refractivity contribution in [3.05, 3.63) is 29.8 Å². The molecule has 0 aliphatic heterocycles. The second-order valence-electron chi connectivity index (χ2n) is 5.06. The van der Waals surface area contributed by atoms with Crippen LogP contribution in [0.2, 0.25) is 19.6 Å². The average Bonchev–Trinajstić information content (AvgIpc) is 2.05. The molecule has 0 radical (unpaired) electrons. The molecule has 0 bridgehead atoms. The molecule has 3 heteroatoms. The Labute approximate surface area is 98.5 Å². The van der Waals surface area contributed by atoms with Crippen LogP contribution in [0.1, 0.15) is 5.56 Å². The van der Waals surface area contributed by atoms with E-state index < -0.39 is 7.22 Å². The van der Waals surface area contributed by atoms with Crippen molar-refractivity contribution in [1.29, 1.82) is 0 Å². The minimum atomic E-state index is -1.08. The summed E-state index contributed by atoms with van der Waals surface area (Å²) in [7, 11) is 3.16. The number of nitrogens with zero attached hydrogens (tertiary/aromatic N) is 1. The lowest BCUT2D eigenvalue weighted by atomic mass is 10.2. The highest BCUT2D eigenvalue weighted by Gasteiger charge is 2.16. The highest BCUT2D eigenvalue weighted by atomic mass is 32.4. The van der Waals surface area contributed by atoms with Crippen LogP contribution < -0.4 is 0 Å². The Bertz CT molecular complexity index is 318. The Morgan fingerprint density at radius 3 is 2.27 bits per heavy atom. The van der Waals surface area contributed by atoms with Crippen LogP contribution in [0, 0.1) is 0 Å². The van der Waals surface area contributed by atoms with E-state index in [4.69, 9.17) is 0 Å². The van der Waals surface area contributed by atoms with Gasteiger partial charge in [0.15, 0.2) is 0 Å². The zero-order chi connectivity index (χ0) is 11.5. The molecule has 0 aliphatic carbocycles. The molecule has 0 amide bonds. The third-order valence-electron chi connectivity index (χ3n) is 1.88. The van der Waals surface area contributed by atoms with Gasteiger partial charge in [-0.1, -0.05) is 37.8 Å². The minimum absolute atomic E-state index is 1.04. The summed E-state index contributed by atoms with van der Waals surface area (Å²) in [4.78, 5) is 3.69. The molecule has 0 spiro atoms. The second-order valence-corrected chi connectivity index (χ2v) is 14.2. The lowest BCUT2D eigenvalue weighted by molar-refractivity contribution is 0.399. The van der Waals surface area contributed by atoms with E-state index >= 15 is 0 Å². The normalized spacial score (nSPS) is 12.1. The van der Waals surface area contributed by atoms with Crippen molar-refractivity contribution in [2.45, 2.75) is 31.1 Å². The molecule has 0 heterocycles. The number of hydrogen-bond donors (Lipinski definition) is 0. The van der Waals surface area contributed by atoms with Gasteiger partial charge in [-0.05, 0) is 25.7 Å². The summed E-state index contributed by atoms with van der Waals surface area (Å²) in [5.74, 6) is 0. The van der Waals surface area contributed by atoms with E-state index in [1.807, 2.05) is 0 Å². The molecule has 0 aromatic heterocycles. The quantitative estimate of drug-likeness (QED) is 0.738. The van der Waals surface area contributed by atoms with E-state index in [0.29, 0.717) is 0 Å². The average molecular weight is 239 g/mol. The first-order valence-corrected chi connectivity index (χ1v) is 10.3. The summed E-state index contributed by atoms with van der Waals surface area (Å²) in [6.07, 6.45) is 0. The van der Waals surface area contributed by atoms with Gasteiger partial charge in [0, 0.05) is 11.4 Å². The zero-order valence-corrected chi connectivity index (χ0v) is 12.2. The Morgan fingerprint density at radius 2 is 1.73 bits per heavy atom. The molecule has 0 fully saturated rings. The summed E-state index contributed by atoms with van der Waals surface area (Å²) >= 11 is 2.08. The molecule has 1 nitrogen and oxygen atoms in total. The molecule has 1 aromatic carbocycles. The molecule has 0 saturated carbocycles. The van der Waals surface area contributed by atoms with E-state index in [2.05, 4.69) is 74.1 Å². The van der Waals surface area contributed by atoms with Gasteiger partial charge in [-0.25, -0.2) is 0 Å². The van der Waals surface area contributed by atoms with Crippen LogP contribution in [0.5, 0.6) is 0 Å². The maximum Gasteiger partial charge on any atom is 0.114 e. The van der Waals surface area contributed by atoms with Crippen LogP contribution in [0.4, 0.5) is 0 Å². The first-order valence-electron chi connectivity index (χ1n) is 5.30. The van der Waals surface area contributed by atoms with E-state index in [-0.39, 0.29) is 0 Å². The Morgan fingerprint density at radius 1 is 1.13 bits per heavy atom. The van der Waals surface area contributed by atoms with Crippen molar-refractivity contribution < 1.29 is 0 Å². The third-order valence-corrected chi connectivity index (χ3v) is 5.60. The zero-order valence-electron chi connectivity index (χ0n) is 10.4. The van der Waals surface area contributed by atoms with Crippen LogP contribution in [0.25, 0.3) is 0 Å². The molecule has 15 heavy (non-hydrogen) atoms. The van der Waals surface area contributed by atoms with Crippen LogP contribution in [0.15, 0.2) is 29.2 Å². The first-order chi connectivity index (χ1) is 6.88. The Balaban J connectivity index is 2.86. The maximum absolute atomic E-state index is 2.39. The first kappa shape index (κ1) is 12.8. The van der Waals surface area contributed by atoms with Gasteiger partial charge in [0.2, 0.25) is 0 Å². The molecule has 84 valence electrons. The number of benzene rings is 1. The smallest absolute Gasteiger partial charge is 0.114 e. The molecule has 0 N–H and O–H groups in total. The topological polar surface area (TPSA) is 3.24 Å².